The minimum absolute atomic E-state index is 0.0635. The van der Waals surface area contributed by atoms with Gasteiger partial charge in [-0.3, -0.25) is 4.79 Å². The van der Waals surface area contributed by atoms with E-state index in [0.29, 0.717) is 6.54 Å². The average molecular weight is 298 g/mol. The molecule has 22 heavy (non-hydrogen) atoms. The third-order valence-electron chi connectivity index (χ3n) is 3.87. The van der Waals surface area contributed by atoms with E-state index < -0.39 is 0 Å². The number of nitrogens with zero attached hydrogens (tertiary/aromatic N) is 5. The molecule has 0 atom stereocenters. The molecule has 7 heteroatoms. The number of aromatic nitrogens is 4. The van der Waals surface area contributed by atoms with E-state index in [4.69, 9.17) is 0 Å². The molecule has 0 spiro atoms. The van der Waals surface area contributed by atoms with Crippen molar-refractivity contribution < 1.29 is 4.79 Å². The maximum atomic E-state index is 12.0. The van der Waals surface area contributed by atoms with Crippen LogP contribution in [0.25, 0.3) is 5.65 Å². The Morgan fingerprint density at radius 3 is 3.00 bits per heavy atom. The van der Waals surface area contributed by atoms with Gasteiger partial charge in [-0.2, -0.15) is 4.52 Å². The van der Waals surface area contributed by atoms with Gasteiger partial charge in [0, 0.05) is 19.0 Å². The van der Waals surface area contributed by atoms with Crippen LogP contribution in [0.3, 0.4) is 0 Å². The molecular weight excluding hydrogens is 280 g/mol. The van der Waals surface area contributed by atoms with Crippen molar-refractivity contribution in [2.75, 3.05) is 24.5 Å². The van der Waals surface area contributed by atoms with E-state index in [2.05, 4.69) is 37.4 Å². The second-order valence-electron chi connectivity index (χ2n) is 5.23. The summed E-state index contributed by atoms with van der Waals surface area (Å²) in [5.74, 6) is 6.68. The van der Waals surface area contributed by atoms with E-state index in [1.165, 1.54) is 0 Å². The fraction of sp³-hybridized carbons (Fsp3) is 0.467. The lowest BCUT2D eigenvalue weighted by Gasteiger charge is -2.31. The molecule has 1 aliphatic rings. The molecule has 0 saturated carbocycles. The molecule has 3 rings (SSSR count). The predicted octanol–water partition coefficient (Wildman–Crippen LogP) is 0.480. The first-order valence-electron chi connectivity index (χ1n) is 7.37. The lowest BCUT2D eigenvalue weighted by Crippen LogP contribution is -2.41. The maximum Gasteiger partial charge on any atom is 0.223 e. The molecule has 3 heterocycles. The summed E-state index contributed by atoms with van der Waals surface area (Å²) in [7, 11) is 0. The van der Waals surface area contributed by atoms with Crippen LogP contribution in [0.5, 0.6) is 0 Å². The van der Waals surface area contributed by atoms with Gasteiger partial charge >= 0.3 is 0 Å². The van der Waals surface area contributed by atoms with Crippen LogP contribution >= 0.6 is 0 Å². The molecule has 114 valence electrons. The summed E-state index contributed by atoms with van der Waals surface area (Å²) < 4.78 is 1.66. The van der Waals surface area contributed by atoms with Gasteiger partial charge in [0.2, 0.25) is 5.91 Å². The number of carbonyl (C=O) groups is 1. The quantitative estimate of drug-likeness (QED) is 0.834. The zero-order valence-corrected chi connectivity index (χ0v) is 12.5. The molecule has 2 aromatic rings. The summed E-state index contributed by atoms with van der Waals surface area (Å²) in [5.41, 5.74) is 0.732. The van der Waals surface area contributed by atoms with Crippen LogP contribution in [0.1, 0.15) is 19.8 Å². The van der Waals surface area contributed by atoms with E-state index >= 15 is 0 Å². The van der Waals surface area contributed by atoms with Gasteiger partial charge in [0.1, 0.15) is 12.1 Å². The monoisotopic (exact) mass is 298 g/mol. The molecule has 7 nitrogen and oxygen atoms in total. The summed E-state index contributed by atoms with van der Waals surface area (Å²) in [6.45, 7) is 3.84. The van der Waals surface area contributed by atoms with Gasteiger partial charge in [-0.05, 0) is 31.9 Å². The zero-order valence-electron chi connectivity index (χ0n) is 12.5. The van der Waals surface area contributed by atoms with Crippen molar-refractivity contribution in [1.29, 1.82) is 0 Å². The zero-order chi connectivity index (χ0) is 15.4. The topological polar surface area (TPSA) is 75.4 Å². The Morgan fingerprint density at radius 2 is 2.23 bits per heavy atom. The maximum absolute atomic E-state index is 12.0. The molecule has 1 aliphatic heterocycles. The first-order valence-corrected chi connectivity index (χ1v) is 7.37. The third kappa shape index (κ3) is 3.01. The fourth-order valence-electron chi connectivity index (χ4n) is 2.62. The molecule has 0 radical (unpaired) electrons. The van der Waals surface area contributed by atoms with E-state index in [1.807, 2.05) is 12.1 Å². The Morgan fingerprint density at radius 1 is 1.41 bits per heavy atom. The molecular formula is C15H18N6O. The molecule has 0 aromatic carbocycles. The van der Waals surface area contributed by atoms with Crippen LogP contribution in [0.15, 0.2) is 18.5 Å². The smallest absolute Gasteiger partial charge is 0.223 e. The summed E-state index contributed by atoms with van der Waals surface area (Å²) >= 11 is 0. The Balaban J connectivity index is 1.58. The van der Waals surface area contributed by atoms with Gasteiger partial charge in [-0.1, -0.05) is 5.92 Å². The van der Waals surface area contributed by atoms with Gasteiger partial charge in [0.25, 0.3) is 0 Å². The van der Waals surface area contributed by atoms with Crippen molar-refractivity contribution >= 4 is 17.4 Å². The van der Waals surface area contributed by atoms with Crippen LogP contribution in [-0.4, -0.2) is 45.4 Å². The Hall–Kier alpha value is -2.62. The summed E-state index contributed by atoms with van der Waals surface area (Å²) in [5, 5.41) is 15.1. The van der Waals surface area contributed by atoms with Crippen molar-refractivity contribution in [3.8, 4) is 11.8 Å². The van der Waals surface area contributed by atoms with Crippen molar-refractivity contribution in [2.45, 2.75) is 19.8 Å². The van der Waals surface area contributed by atoms with Crippen LogP contribution < -0.4 is 10.2 Å². The van der Waals surface area contributed by atoms with Crippen LogP contribution in [0, 0.1) is 17.8 Å². The van der Waals surface area contributed by atoms with E-state index in [-0.39, 0.29) is 11.8 Å². The average Bonchev–Trinajstić information content (AvgIpc) is 3.02. The molecule has 0 unspecified atom stereocenters. The Labute approximate surface area is 128 Å². The van der Waals surface area contributed by atoms with Crippen LogP contribution in [0.4, 0.5) is 5.82 Å². The summed E-state index contributed by atoms with van der Waals surface area (Å²) in [6.07, 6.45) is 3.24. The van der Waals surface area contributed by atoms with Gasteiger partial charge in [0.05, 0.1) is 6.54 Å². The number of hydrogen-bond donors (Lipinski definition) is 1. The second kappa shape index (κ2) is 6.43. The van der Waals surface area contributed by atoms with Gasteiger partial charge < -0.3 is 10.2 Å². The molecule has 1 fully saturated rings. The molecule has 0 aliphatic carbocycles. The van der Waals surface area contributed by atoms with Gasteiger partial charge in [0.15, 0.2) is 5.65 Å². The highest BCUT2D eigenvalue weighted by Gasteiger charge is 2.25. The number of anilines is 1. The van der Waals surface area contributed by atoms with Crippen molar-refractivity contribution in [1.82, 2.24) is 25.1 Å². The SMILES string of the molecule is CC#CCNC(=O)C1CCN(c2ccc3nncn3n2)CC1. The number of hydrogen-bond acceptors (Lipinski definition) is 5. The number of fused-ring (bicyclic) bond motifs is 1. The van der Waals surface area contributed by atoms with E-state index in [0.717, 1.165) is 37.4 Å². The van der Waals surface area contributed by atoms with Gasteiger partial charge in [-0.25, -0.2) is 0 Å². The fourth-order valence-corrected chi connectivity index (χ4v) is 2.62. The summed E-state index contributed by atoms with van der Waals surface area (Å²) in [4.78, 5) is 14.2. The Bertz CT molecular complexity index is 720. The minimum atomic E-state index is 0.0635. The normalized spacial score (nSPS) is 15.4. The first kappa shape index (κ1) is 14.3. The highest BCUT2D eigenvalue weighted by atomic mass is 16.1. The summed E-state index contributed by atoms with van der Waals surface area (Å²) in [6, 6.07) is 3.85. The largest absolute Gasteiger partial charge is 0.355 e. The number of nitrogens with one attached hydrogen (secondary N) is 1. The van der Waals surface area contributed by atoms with Crippen molar-refractivity contribution in [3.05, 3.63) is 18.5 Å². The lowest BCUT2D eigenvalue weighted by molar-refractivity contribution is -0.125. The predicted molar refractivity (Wildman–Crippen MR) is 82.2 cm³/mol. The number of carbonyl (C=O) groups excluding carboxylic acids is 1. The highest BCUT2D eigenvalue weighted by molar-refractivity contribution is 5.79. The van der Waals surface area contributed by atoms with Crippen molar-refractivity contribution in [3.63, 3.8) is 0 Å². The molecule has 2 aromatic heterocycles. The van der Waals surface area contributed by atoms with E-state index in [9.17, 15) is 4.79 Å². The minimum Gasteiger partial charge on any atom is -0.355 e. The van der Waals surface area contributed by atoms with Crippen molar-refractivity contribution in [2.24, 2.45) is 5.92 Å². The first-order chi connectivity index (χ1) is 10.8. The molecule has 1 N–H and O–H groups in total. The molecule has 1 saturated heterocycles. The lowest BCUT2D eigenvalue weighted by atomic mass is 9.96. The number of piperidine rings is 1. The van der Waals surface area contributed by atoms with Gasteiger partial charge in [-0.15, -0.1) is 21.2 Å². The number of rotatable bonds is 3. The molecule has 1 amide bonds. The van der Waals surface area contributed by atoms with E-state index in [1.54, 1.807) is 17.8 Å². The third-order valence-corrected chi connectivity index (χ3v) is 3.87. The highest BCUT2D eigenvalue weighted by Crippen LogP contribution is 2.21. The standard InChI is InChI=1S/C15H18N6O/c1-2-3-8-16-15(22)12-6-9-20(10-7-12)14-5-4-13-18-17-11-21(13)19-14/h4-5,11-12H,6-10H2,1H3,(H,16,22). The molecule has 0 bridgehead atoms. The second-order valence-corrected chi connectivity index (χ2v) is 5.23. The Kier molecular flexibility index (Phi) is 4.19. The number of amides is 1. The van der Waals surface area contributed by atoms with Crippen LogP contribution in [-0.2, 0) is 4.79 Å². The van der Waals surface area contributed by atoms with Crippen LogP contribution in [0.2, 0.25) is 0 Å².